The van der Waals surface area contributed by atoms with Gasteiger partial charge in [-0.1, -0.05) is 22.9 Å². The van der Waals surface area contributed by atoms with E-state index in [0.29, 0.717) is 15.8 Å². The predicted molar refractivity (Wildman–Crippen MR) is 85.3 cm³/mol. The molecule has 0 spiro atoms. The van der Waals surface area contributed by atoms with Crippen molar-refractivity contribution in [3.05, 3.63) is 40.2 Å². The first-order valence-corrected chi connectivity index (χ1v) is 7.52. The van der Waals surface area contributed by atoms with Crippen LogP contribution in [-0.2, 0) is 7.05 Å². The number of carbonyl (C=O) groups is 1. The molecule has 7 heteroatoms. The van der Waals surface area contributed by atoms with Gasteiger partial charge in [-0.25, -0.2) is 4.98 Å². The molecule has 0 aliphatic carbocycles. The molecule has 3 rings (SSSR count). The lowest BCUT2D eigenvalue weighted by atomic mass is 10.2. The van der Waals surface area contributed by atoms with Crippen LogP contribution in [0.4, 0.5) is 5.13 Å². The van der Waals surface area contributed by atoms with Crippen LogP contribution in [0.1, 0.15) is 21.6 Å². The summed E-state index contributed by atoms with van der Waals surface area (Å²) in [6, 6.07) is 3.75. The van der Waals surface area contributed by atoms with Crippen molar-refractivity contribution in [2.24, 2.45) is 7.05 Å². The van der Waals surface area contributed by atoms with Gasteiger partial charge in [-0.05, 0) is 31.5 Å². The molecule has 0 atom stereocenters. The summed E-state index contributed by atoms with van der Waals surface area (Å²) in [7, 11) is 1.78. The van der Waals surface area contributed by atoms with Gasteiger partial charge in [0.15, 0.2) is 10.8 Å². The SMILES string of the molecule is Cc1cn(C)nc1C(=O)Nc1nc2c(C)c(Cl)ccc2s1. The monoisotopic (exact) mass is 320 g/mol. The van der Waals surface area contributed by atoms with Gasteiger partial charge in [0.25, 0.3) is 5.91 Å². The van der Waals surface area contributed by atoms with E-state index in [1.807, 2.05) is 26.0 Å². The van der Waals surface area contributed by atoms with Crippen molar-refractivity contribution >= 4 is 44.2 Å². The van der Waals surface area contributed by atoms with Crippen molar-refractivity contribution < 1.29 is 4.79 Å². The molecule has 1 aromatic carbocycles. The maximum absolute atomic E-state index is 12.2. The van der Waals surface area contributed by atoms with E-state index in [1.54, 1.807) is 17.9 Å². The molecule has 0 saturated carbocycles. The van der Waals surface area contributed by atoms with Crippen molar-refractivity contribution in [3.63, 3.8) is 0 Å². The van der Waals surface area contributed by atoms with Crippen molar-refractivity contribution in [2.75, 3.05) is 5.32 Å². The maximum atomic E-state index is 12.2. The molecule has 0 aliphatic rings. The molecule has 2 heterocycles. The molecule has 1 N–H and O–H groups in total. The van der Waals surface area contributed by atoms with Crippen LogP contribution in [0.25, 0.3) is 10.2 Å². The van der Waals surface area contributed by atoms with Gasteiger partial charge in [-0.3, -0.25) is 14.8 Å². The standard InChI is InChI=1S/C14H13ClN4OS/c1-7-6-19(3)18-11(7)13(20)17-14-16-12-8(2)9(15)4-5-10(12)21-14/h4-6H,1-3H3,(H,16,17,20). The second-order valence-corrected chi connectivity index (χ2v) is 6.26. The summed E-state index contributed by atoms with van der Waals surface area (Å²) in [5.74, 6) is -0.254. The minimum atomic E-state index is -0.254. The minimum absolute atomic E-state index is 0.254. The molecule has 3 aromatic rings. The van der Waals surface area contributed by atoms with Gasteiger partial charge in [0, 0.05) is 23.8 Å². The average molecular weight is 321 g/mol. The van der Waals surface area contributed by atoms with E-state index in [2.05, 4.69) is 15.4 Å². The number of hydrogen-bond donors (Lipinski definition) is 1. The lowest BCUT2D eigenvalue weighted by molar-refractivity contribution is 0.102. The largest absolute Gasteiger partial charge is 0.296 e. The minimum Gasteiger partial charge on any atom is -0.296 e. The van der Waals surface area contributed by atoms with Crippen LogP contribution >= 0.6 is 22.9 Å². The first kappa shape index (κ1) is 14.0. The molecule has 2 aromatic heterocycles. The molecule has 5 nitrogen and oxygen atoms in total. The Kier molecular flexibility index (Phi) is 3.43. The number of nitrogens with one attached hydrogen (secondary N) is 1. The highest BCUT2D eigenvalue weighted by Gasteiger charge is 2.16. The van der Waals surface area contributed by atoms with Gasteiger partial charge in [0.2, 0.25) is 0 Å². The van der Waals surface area contributed by atoms with Crippen molar-refractivity contribution in [1.82, 2.24) is 14.8 Å². The molecule has 0 saturated heterocycles. The molecule has 0 unspecified atom stereocenters. The Labute approximate surface area is 130 Å². The van der Waals surface area contributed by atoms with Gasteiger partial charge in [-0.15, -0.1) is 0 Å². The topological polar surface area (TPSA) is 59.8 Å². The normalized spacial score (nSPS) is 11.0. The van der Waals surface area contributed by atoms with E-state index in [-0.39, 0.29) is 5.91 Å². The lowest BCUT2D eigenvalue weighted by Gasteiger charge is -1.98. The van der Waals surface area contributed by atoms with E-state index in [9.17, 15) is 4.79 Å². The number of aryl methyl sites for hydroxylation is 3. The maximum Gasteiger partial charge on any atom is 0.278 e. The molecule has 0 fully saturated rings. The zero-order valence-corrected chi connectivity index (χ0v) is 13.3. The fourth-order valence-electron chi connectivity index (χ4n) is 2.14. The molecular formula is C14H13ClN4OS. The number of thiazole rings is 1. The van der Waals surface area contributed by atoms with Gasteiger partial charge < -0.3 is 0 Å². The molecule has 1 amide bonds. The molecule has 0 aliphatic heterocycles. The Hall–Kier alpha value is -1.92. The number of halogens is 1. The number of anilines is 1. The van der Waals surface area contributed by atoms with Crippen LogP contribution in [-0.4, -0.2) is 20.7 Å². The highest BCUT2D eigenvalue weighted by Crippen LogP contribution is 2.31. The molecule has 0 bridgehead atoms. The average Bonchev–Trinajstić information content (AvgIpc) is 2.97. The number of nitrogens with zero attached hydrogens (tertiary/aromatic N) is 3. The molecule has 21 heavy (non-hydrogen) atoms. The summed E-state index contributed by atoms with van der Waals surface area (Å²) < 4.78 is 2.61. The smallest absolute Gasteiger partial charge is 0.278 e. The number of fused-ring (bicyclic) bond motifs is 1. The summed E-state index contributed by atoms with van der Waals surface area (Å²) in [5, 5.41) is 8.17. The van der Waals surface area contributed by atoms with Crippen LogP contribution < -0.4 is 5.32 Å². The Morgan fingerprint density at radius 3 is 2.81 bits per heavy atom. The van der Waals surface area contributed by atoms with Gasteiger partial charge in [-0.2, -0.15) is 5.10 Å². The highest BCUT2D eigenvalue weighted by atomic mass is 35.5. The fourth-order valence-corrected chi connectivity index (χ4v) is 3.21. The van der Waals surface area contributed by atoms with E-state index in [0.717, 1.165) is 21.3 Å². The van der Waals surface area contributed by atoms with Gasteiger partial charge in [0.05, 0.1) is 10.2 Å². The predicted octanol–water partition coefficient (Wildman–Crippen LogP) is 3.55. The van der Waals surface area contributed by atoms with E-state index < -0.39 is 0 Å². The molecular weight excluding hydrogens is 308 g/mol. The third-order valence-corrected chi connectivity index (χ3v) is 4.54. The number of hydrogen-bond acceptors (Lipinski definition) is 4. The van der Waals surface area contributed by atoms with Crippen LogP contribution in [0.2, 0.25) is 5.02 Å². The summed E-state index contributed by atoms with van der Waals surface area (Å²) in [6.07, 6.45) is 1.80. The quantitative estimate of drug-likeness (QED) is 0.785. The van der Waals surface area contributed by atoms with Crippen molar-refractivity contribution in [1.29, 1.82) is 0 Å². The Morgan fingerprint density at radius 1 is 1.38 bits per heavy atom. The Bertz CT molecular complexity index is 852. The zero-order chi connectivity index (χ0) is 15.1. The Balaban J connectivity index is 1.93. The number of amides is 1. The number of aromatic nitrogens is 3. The number of rotatable bonds is 2. The van der Waals surface area contributed by atoms with Crippen LogP contribution in [0, 0.1) is 13.8 Å². The van der Waals surface area contributed by atoms with Crippen LogP contribution in [0.3, 0.4) is 0 Å². The summed E-state index contributed by atoms with van der Waals surface area (Å²) in [5.41, 5.74) is 2.97. The summed E-state index contributed by atoms with van der Waals surface area (Å²) in [4.78, 5) is 16.7. The first-order valence-electron chi connectivity index (χ1n) is 6.33. The first-order chi connectivity index (χ1) is 9.95. The van der Waals surface area contributed by atoms with Crippen LogP contribution in [0.5, 0.6) is 0 Å². The van der Waals surface area contributed by atoms with Crippen molar-refractivity contribution in [3.8, 4) is 0 Å². The third-order valence-electron chi connectivity index (χ3n) is 3.20. The fraction of sp³-hybridized carbons (Fsp3) is 0.214. The van der Waals surface area contributed by atoms with E-state index >= 15 is 0 Å². The summed E-state index contributed by atoms with van der Waals surface area (Å²) >= 11 is 7.51. The van der Waals surface area contributed by atoms with E-state index in [4.69, 9.17) is 11.6 Å². The molecule has 108 valence electrons. The second kappa shape index (κ2) is 5.13. The third kappa shape index (κ3) is 2.52. The Morgan fingerprint density at radius 2 is 2.14 bits per heavy atom. The van der Waals surface area contributed by atoms with E-state index in [1.165, 1.54) is 11.3 Å². The van der Waals surface area contributed by atoms with Gasteiger partial charge >= 0.3 is 0 Å². The van der Waals surface area contributed by atoms with Crippen LogP contribution in [0.15, 0.2) is 18.3 Å². The molecule has 0 radical (unpaired) electrons. The highest BCUT2D eigenvalue weighted by molar-refractivity contribution is 7.22. The van der Waals surface area contributed by atoms with Crippen molar-refractivity contribution in [2.45, 2.75) is 13.8 Å². The van der Waals surface area contributed by atoms with Gasteiger partial charge in [0.1, 0.15) is 0 Å². The summed E-state index contributed by atoms with van der Waals surface area (Å²) in [6.45, 7) is 3.77. The lowest BCUT2D eigenvalue weighted by Crippen LogP contribution is -2.13. The second-order valence-electron chi connectivity index (χ2n) is 4.83. The zero-order valence-electron chi connectivity index (χ0n) is 11.8. The number of benzene rings is 1. The number of carbonyl (C=O) groups excluding carboxylic acids is 1.